The Morgan fingerprint density at radius 1 is 1.03 bits per heavy atom. The van der Waals surface area contributed by atoms with Crippen LogP contribution in [0.1, 0.15) is 16.1 Å². The average Bonchev–Trinajstić information content (AvgIpc) is 3.47. The molecule has 2 aromatic heterocycles. The zero-order valence-corrected chi connectivity index (χ0v) is 17.5. The summed E-state index contributed by atoms with van der Waals surface area (Å²) in [6, 6.07) is 15.7. The van der Waals surface area contributed by atoms with E-state index >= 15 is 0 Å². The molecule has 2 amide bonds. The van der Waals surface area contributed by atoms with Gasteiger partial charge in [0.25, 0.3) is 5.91 Å². The van der Waals surface area contributed by atoms with E-state index in [1.165, 1.54) is 36.0 Å². The molecule has 0 unspecified atom stereocenters. The summed E-state index contributed by atoms with van der Waals surface area (Å²) in [6.07, 6.45) is 3.15. The Hall–Kier alpha value is -3.92. The molecule has 0 radical (unpaired) electrons. The van der Waals surface area contributed by atoms with E-state index in [1.54, 1.807) is 47.5 Å². The highest BCUT2D eigenvalue weighted by atomic mass is 32.2. The highest BCUT2D eigenvalue weighted by Crippen LogP contribution is 2.20. The topological polar surface area (TPSA) is 102 Å². The van der Waals surface area contributed by atoms with Gasteiger partial charge in [-0.1, -0.05) is 23.9 Å². The standard InChI is InChI=1S/C22H18FN5O3S/c23-15-7-9-16(10-8-15)25-21(30)18-5-1-2-6-19(18)26-20(29)13-32-22-27-24-14-28(22)12-17-4-3-11-31-17/h1-11,14H,12-13H2,(H,25,30)(H,26,29). The van der Waals surface area contributed by atoms with Crippen molar-refractivity contribution in [3.05, 3.63) is 90.4 Å². The van der Waals surface area contributed by atoms with Crippen LogP contribution < -0.4 is 10.6 Å². The number of amides is 2. The largest absolute Gasteiger partial charge is 0.467 e. The molecule has 0 fully saturated rings. The van der Waals surface area contributed by atoms with E-state index in [0.29, 0.717) is 23.1 Å². The van der Waals surface area contributed by atoms with Crippen molar-refractivity contribution in [3.8, 4) is 0 Å². The van der Waals surface area contributed by atoms with Gasteiger partial charge in [0.1, 0.15) is 17.9 Å². The lowest BCUT2D eigenvalue weighted by Crippen LogP contribution is -2.19. The van der Waals surface area contributed by atoms with E-state index in [0.717, 1.165) is 5.76 Å². The zero-order valence-electron chi connectivity index (χ0n) is 16.7. The third-order valence-corrected chi connectivity index (χ3v) is 5.35. The van der Waals surface area contributed by atoms with Crippen molar-refractivity contribution in [2.45, 2.75) is 11.7 Å². The number of benzene rings is 2. The monoisotopic (exact) mass is 451 g/mol. The molecule has 162 valence electrons. The summed E-state index contributed by atoms with van der Waals surface area (Å²) in [5.41, 5.74) is 1.11. The first-order valence-electron chi connectivity index (χ1n) is 9.57. The second-order valence-electron chi connectivity index (χ2n) is 6.66. The fourth-order valence-electron chi connectivity index (χ4n) is 2.87. The van der Waals surface area contributed by atoms with Crippen molar-refractivity contribution < 1.29 is 18.4 Å². The second kappa shape index (κ2) is 9.92. The Morgan fingerprint density at radius 3 is 2.62 bits per heavy atom. The van der Waals surface area contributed by atoms with Crippen molar-refractivity contribution >= 4 is 35.0 Å². The molecule has 0 saturated heterocycles. The van der Waals surface area contributed by atoms with Gasteiger partial charge in [-0.05, 0) is 48.5 Å². The lowest BCUT2D eigenvalue weighted by atomic mass is 10.1. The Kier molecular flexibility index (Phi) is 6.61. The van der Waals surface area contributed by atoms with Crippen LogP contribution in [-0.4, -0.2) is 32.3 Å². The van der Waals surface area contributed by atoms with Gasteiger partial charge >= 0.3 is 0 Å². The molecule has 0 bridgehead atoms. The fourth-order valence-corrected chi connectivity index (χ4v) is 3.59. The lowest BCUT2D eigenvalue weighted by Gasteiger charge is -2.11. The van der Waals surface area contributed by atoms with Crippen LogP contribution in [-0.2, 0) is 11.3 Å². The molecule has 2 N–H and O–H groups in total. The molecule has 0 aliphatic heterocycles. The summed E-state index contributed by atoms with van der Waals surface area (Å²) >= 11 is 1.22. The molecule has 10 heteroatoms. The summed E-state index contributed by atoms with van der Waals surface area (Å²) in [5.74, 6) is -0.293. The smallest absolute Gasteiger partial charge is 0.257 e. The van der Waals surface area contributed by atoms with Gasteiger partial charge in [-0.2, -0.15) is 0 Å². The van der Waals surface area contributed by atoms with Crippen LogP contribution in [0.3, 0.4) is 0 Å². The van der Waals surface area contributed by atoms with Gasteiger partial charge in [0.15, 0.2) is 5.16 Å². The van der Waals surface area contributed by atoms with Crippen molar-refractivity contribution in [2.24, 2.45) is 0 Å². The molecule has 2 heterocycles. The minimum absolute atomic E-state index is 0.0742. The number of hydrogen-bond acceptors (Lipinski definition) is 6. The summed E-state index contributed by atoms with van der Waals surface area (Å²) in [7, 11) is 0. The van der Waals surface area contributed by atoms with Gasteiger partial charge in [-0.15, -0.1) is 10.2 Å². The molecule has 4 aromatic rings. The van der Waals surface area contributed by atoms with Gasteiger partial charge in [-0.25, -0.2) is 4.39 Å². The van der Waals surface area contributed by atoms with Crippen LogP contribution in [0.25, 0.3) is 0 Å². The minimum atomic E-state index is -0.418. The molecule has 0 aliphatic rings. The Labute approximate surface area is 186 Å². The van der Waals surface area contributed by atoms with Crippen molar-refractivity contribution in [1.29, 1.82) is 0 Å². The number of para-hydroxylation sites is 1. The van der Waals surface area contributed by atoms with Crippen LogP contribution in [0.2, 0.25) is 0 Å². The van der Waals surface area contributed by atoms with E-state index in [2.05, 4.69) is 20.8 Å². The predicted molar refractivity (Wildman–Crippen MR) is 118 cm³/mol. The maximum atomic E-state index is 13.1. The molecule has 8 nitrogen and oxygen atoms in total. The van der Waals surface area contributed by atoms with Crippen LogP contribution in [0.5, 0.6) is 0 Å². The van der Waals surface area contributed by atoms with Gasteiger partial charge in [0.2, 0.25) is 5.91 Å². The summed E-state index contributed by atoms with van der Waals surface area (Å²) in [4.78, 5) is 25.2. The maximum absolute atomic E-state index is 13.1. The number of rotatable bonds is 8. The molecule has 0 atom stereocenters. The fraction of sp³-hybridized carbons (Fsp3) is 0.0909. The van der Waals surface area contributed by atoms with Gasteiger partial charge in [0, 0.05) is 5.69 Å². The second-order valence-corrected chi connectivity index (χ2v) is 7.61. The summed E-state index contributed by atoms with van der Waals surface area (Å²) in [6.45, 7) is 0.455. The summed E-state index contributed by atoms with van der Waals surface area (Å²) in [5, 5.41) is 13.9. The van der Waals surface area contributed by atoms with E-state index in [9.17, 15) is 14.0 Å². The third-order valence-electron chi connectivity index (χ3n) is 4.37. The molecule has 2 aromatic carbocycles. The summed E-state index contributed by atoms with van der Waals surface area (Å²) < 4.78 is 20.2. The molecular weight excluding hydrogens is 433 g/mol. The molecule has 0 saturated carbocycles. The molecule has 4 rings (SSSR count). The number of carbonyl (C=O) groups is 2. The molecule has 32 heavy (non-hydrogen) atoms. The molecule has 0 aliphatic carbocycles. The van der Waals surface area contributed by atoms with Gasteiger partial charge in [-0.3, -0.25) is 9.59 Å². The van der Waals surface area contributed by atoms with Crippen LogP contribution >= 0.6 is 11.8 Å². The van der Waals surface area contributed by atoms with Crippen LogP contribution in [0.4, 0.5) is 15.8 Å². The van der Waals surface area contributed by atoms with Gasteiger partial charge in [0.05, 0.1) is 29.8 Å². The average molecular weight is 451 g/mol. The normalized spacial score (nSPS) is 10.7. The number of anilines is 2. The predicted octanol–water partition coefficient (Wildman–Crippen LogP) is 4.04. The first-order chi connectivity index (χ1) is 15.6. The highest BCUT2D eigenvalue weighted by Gasteiger charge is 2.15. The quantitative estimate of drug-likeness (QED) is 0.392. The number of hydrogen-bond donors (Lipinski definition) is 2. The van der Waals surface area contributed by atoms with E-state index in [1.807, 2.05) is 6.07 Å². The Bertz CT molecular complexity index is 1210. The van der Waals surface area contributed by atoms with E-state index in [-0.39, 0.29) is 17.2 Å². The molecule has 0 spiro atoms. The highest BCUT2D eigenvalue weighted by molar-refractivity contribution is 7.99. The lowest BCUT2D eigenvalue weighted by molar-refractivity contribution is -0.113. The van der Waals surface area contributed by atoms with E-state index < -0.39 is 11.7 Å². The first kappa shape index (κ1) is 21.3. The number of nitrogens with one attached hydrogen (secondary N) is 2. The Balaban J connectivity index is 1.37. The van der Waals surface area contributed by atoms with Crippen molar-refractivity contribution in [2.75, 3.05) is 16.4 Å². The van der Waals surface area contributed by atoms with E-state index in [4.69, 9.17) is 4.42 Å². The van der Waals surface area contributed by atoms with Crippen molar-refractivity contribution in [3.63, 3.8) is 0 Å². The van der Waals surface area contributed by atoms with Crippen molar-refractivity contribution in [1.82, 2.24) is 14.8 Å². The van der Waals surface area contributed by atoms with Gasteiger partial charge < -0.3 is 19.6 Å². The third kappa shape index (κ3) is 5.41. The number of nitrogens with zero attached hydrogens (tertiary/aromatic N) is 3. The first-order valence-corrected chi connectivity index (χ1v) is 10.6. The van der Waals surface area contributed by atoms with Crippen LogP contribution in [0.15, 0.2) is 82.8 Å². The maximum Gasteiger partial charge on any atom is 0.257 e. The number of halogens is 1. The molecular formula is C22H18FN5O3S. The minimum Gasteiger partial charge on any atom is -0.467 e. The number of furan rings is 1. The SMILES string of the molecule is O=C(CSc1nncn1Cc1ccco1)Nc1ccccc1C(=O)Nc1ccc(F)cc1. The Morgan fingerprint density at radius 2 is 1.84 bits per heavy atom. The van der Waals surface area contributed by atoms with Crippen LogP contribution in [0, 0.1) is 5.82 Å². The number of carbonyl (C=O) groups excluding carboxylic acids is 2. The number of aromatic nitrogens is 3. The zero-order chi connectivity index (χ0) is 22.3. The number of thioether (sulfide) groups is 1.